The van der Waals surface area contributed by atoms with Crippen LogP contribution in [-0.2, 0) is 4.74 Å². The van der Waals surface area contributed by atoms with Gasteiger partial charge in [0, 0.05) is 68.5 Å². The number of carbonyl (C=O) groups is 1. The first-order chi connectivity index (χ1) is 16.3. The molecule has 1 saturated heterocycles. The summed E-state index contributed by atoms with van der Waals surface area (Å²) in [7, 11) is 0. The zero-order chi connectivity index (χ0) is 26.0. The molecule has 0 radical (unpaired) electrons. The van der Waals surface area contributed by atoms with Crippen LogP contribution in [0.3, 0.4) is 0 Å². The van der Waals surface area contributed by atoms with Gasteiger partial charge in [-0.3, -0.25) is 4.99 Å². The number of nitrogens with zero attached hydrogens (tertiary/aromatic N) is 3. The van der Waals surface area contributed by atoms with Crippen molar-refractivity contribution in [2.75, 3.05) is 26.2 Å². The van der Waals surface area contributed by atoms with Crippen LogP contribution in [-0.4, -0.2) is 65.3 Å². The summed E-state index contributed by atoms with van der Waals surface area (Å²) < 4.78 is 33.9. The Morgan fingerprint density at radius 1 is 1.26 bits per heavy atom. The monoisotopic (exact) mass is 491 g/mol. The molecule has 0 aromatic heterocycles. The number of piperazine rings is 1. The van der Waals surface area contributed by atoms with Gasteiger partial charge in [0.1, 0.15) is 5.60 Å². The molecule has 0 N–H and O–H groups in total. The third-order valence-corrected chi connectivity index (χ3v) is 7.19. The Morgan fingerprint density at radius 2 is 1.97 bits per heavy atom. The van der Waals surface area contributed by atoms with Crippen molar-refractivity contribution in [2.24, 2.45) is 10.9 Å². The van der Waals surface area contributed by atoms with Crippen molar-refractivity contribution < 1.29 is 18.3 Å². The van der Waals surface area contributed by atoms with Gasteiger partial charge in [0.15, 0.2) is 0 Å². The van der Waals surface area contributed by atoms with Crippen LogP contribution in [0.4, 0.5) is 13.6 Å². The first kappa shape index (κ1) is 27.4. The molecular weight excluding hydrogens is 448 g/mol. The predicted molar refractivity (Wildman–Crippen MR) is 138 cm³/mol. The molecule has 2 atom stereocenters. The molecular formula is C28H43F2N3O2. The van der Waals surface area contributed by atoms with Crippen LogP contribution in [0.2, 0.25) is 0 Å². The summed E-state index contributed by atoms with van der Waals surface area (Å²) in [6.45, 7) is 16.5. The number of hydrogen-bond donors (Lipinski definition) is 0. The molecule has 0 aromatic rings. The summed E-state index contributed by atoms with van der Waals surface area (Å²) in [4.78, 5) is 21.6. The molecule has 3 rings (SSSR count). The average molecular weight is 492 g/mol. The van der Waals surface area contributed by atoms with E-state index in [9.17, 15) is 13.6 Å². The van der Waals surface area contributed by atoms with Crippen molar-refractivity contribution in [3.63, 3.8) is 0 Å². The lowest BCUT2D eigenvalue weighted by atomic mass is 9.79. The number of hydrogen-bond acceptors (Lipinski definition) is 4. The zero-order valence-corrected chi connectivity index (χ0v) is 22.6. The molecule has 1 saturated carbocycles. The van der Waals surface area contributed by atoms with Crippen molar-refractivity contribution in [1.29, 1.82) is 0 Å². The number of ether oxygens (including phenoxy) is 1. The largest absolute Gasteiger partial charge is 0.444 e. The second kappa shape index (κ2) is 10.8. The maximum absolute atomic E-state index is 14.2. The smallest absolute Gasteiger partial charge is 0.410 e. The molecule has 3 aliphatic rings. The first-order valence-electron chi connectivity index (χ1n) is 13.1. The first-order valence-corrected chi connectivity index (χ1v) is 13.1. The fourth-order valence-corrected chi connectivity index (χ4v) is 5.56. The predicted octanol–water partition coefficient (Wildman–Crippen LogP) is 6.76. The fraction of sp³-hybridized carbons (Fsp3) is 0.714. The SMILES string of the molecule is CCN=C1CC(C2CCCC(F)(F)C2)=CC=C(C)/C1=C(/C)N1CCN(C(=O)OC(C)(C)C)C[C@@H]1C. The highest BCUT2D eigenvalue weighted by Gasteiger charge is 2.38. The molecule has 35 heavy (non-hydrogen) atoms. The molecule has 1 aliphatic heterocycles. The van der Waals surface area contributed by atoms with Crippen LogP contribution in [0.25, 0.3) is 0 Å². The van der Waals surface area contributed by atoms with Crippen LogP contribution in [0.5, 0.6) is 0 Å². The number of rotatable bonds is 3. The summed E-state index contributed by atoms with van der Waals surface area (Å²) in [5.41, 5.74) is 4.88. The van der Waals surface area contributed by atoms with E-state index in [0.29, 0.717) is 39.0 Å². The minimum atomic E-state index is -2.57. The molecule has 2 fully saturated rings. The second-order valence-electron chi connectivity index (χ2n) is 11.3. The molecule has 0 bridgehead atoms. The maximum atomic E-state index is 14.2. The van der Waals surface area contributed by atoms with Gasteiger partial charge in [0.25, 0.3) is 0 Å². The van der Waals surface area contributed by atoms with E-state index in [1.54, 1.807) is 4.90 Å². The third-order valence-electron chi connectivity index (χ3n) is 7.19. The zero-order valence-electron chi connectivity index (χ0n) is 22.6. The van der Waals surface area contributed by atoms with E-state index in [1.165, 1.54) is 0 Å². The Hall–Kier alpha value is -2.18. The van der Waals surface area contributed by atoms with E-state index >= 15 is 0 Å². The van der Waals surface area contributed by atoms with E-state index in [4.69, 9.17) is 9.73 Å². The second-order valence-corrected chi connectivity index (χ2v) is 11.3. The standard InChI is InChI=1S/C28H43F2N3O2/c1-8-31-24-16-22(23-10-9-13-28(29,30)17-23)12-11-19(2)25(24)21(4)33-15-14-32(18-20(33)3)26(34)35-27(5,6)7/h11-12,20,23H,8-10,13-18H2,1-7H3/b25-21+,31-24?/t20-,23?/m0/s1. The highest BCUT2D eigenvalue weighted by molar-refractivity contribution is 6.06. The number of aliphatic imine (C=N–C) groups is 1. The molecule has 0 spiro atoms. The topological polar surface area (TPSA) is 45.1 Å². The third kappa shape index (κ3) is 6.95. The van der Waals surface area contributed by atoms with Crippen molar-refractivity contribution in [3.8, 4) is 0 Å². The highest BCUT2D eigenvalue weighted by Crippen LogP contribution is 2.42. The van der Waals surface area contributed by atoms with Crippen LogP contribution in [0, 0.1) is 5.92 Å². The number of carbonyl (C=O) groups excluding carboxylic acids is 1. The lowest BCUT2D eigenvalue weighted by molar-refractivity contribution is -0.0470. The van der Waals surface area contributed by atoms with Crippen LogP contribution >= 0.6 is 0 Å². The molecule has 5 nitrogen and oxygen atoms in total. The Balaban J connectivity index is 1.82. The fourth-order valence-electron chi connectivity index (χ4n) is 5.56. The number of halogens is 2. The molecule has 1 heterocycles. The van der Waals surface area contributed by atoms with Crippen molar-refractivity contribution in [2.45, 2.75) is 98.1 Å². The lowest BCUT2D eigenvalue weighted by Gasteiger charge is -2.42. The van der Waals surface area contributed by atoms with E-state index in [2.05, 4.69) is 37.8 Å². The highest BCUT2D eigenvalue weighted by atomic mass is 19.3. The Morgan fingerprint density at radius 3 is 2.57 bits per heavy atom. The molecule has 1 amide bonds. The van der Waals surface area contributed by atoms with E-state index in [-0.39, 0.29) is 30.9 Å². The van der Waals surface area contributed by atoms with Crippen LogP contribution in [0.15, 0.2) is 39.6 Å². The minimum Gasteiger partial charge on any atom is -0.444 e. The number of amides is 1. The summed E-state index contributed by atoms with van der Waals surface area (Å²) in [6, 6.07) is 0.118. The van der Waals surface area contributed by atoms with Gasteiger partial charge in [-0.15, -0.1) is 0 Å². The van der Waals surface area contributed by atoms with E-state index < -0.39 is 11.5 Å². The van der Waals surface area contributed by atoms with Crippen LogP contribution in [0.1, 0.15) is 80.6 Å². The quantitative estimate of drug-likeness (QED) is 0.438. The van der Waals surface area contributed by atoms with Crippen molar-refractivity contribution >= 4 is 11.8 Å². The van der Waals surface area contributed by atoms with Gasteiger partial charge in [-0.2, -0.15) is 0 Å². The van der Waals surface area contributed by atoms with Gasteiger partial charge >= 0.3 is 6.09 Å². The van der Waals surface area contributed by atoms with Gasteiger partial charge in [0.2, 0.25) is 5.92 Å². The van der Waals surface area contributed by atoms with E-state index in [1.807, 2.05) is 27.7 Å². The Kier molecular flexibility index (Phi) is 8.48. The maximum Gasteiger partial charge on any atom is 0.410 e. The summed E-state index contributed by atoms with van der Waals surface area (Å²) in [5.74, 6) is -2.67. The molecule has 2 aliphatic carbocycles. The lowest BCUT2D eigenvalue weighted by Crippen LogP contribution is -2.54. The van der Waals surface area contributed by atoms with Gasteiger partial charge in [-0.05, 0) is 72.8 Å². The number of alkyl halides is 2. The minimum absolute atomic E-state index is 0.00102. The van der Waals surface area contributed by atoms with Gasteiger partial charge in [0.05, 0.1) is 0 Å². The van der Waals surface area contributed by atoms with Crippen molar-refractivity contribution in [1.82, 2.24) is 9.80 Å². The van der Waals surface area contributed by atoms with Crippen molar-refractivity contribution in [3.05, 3.63) is 34.6 Å². The van der Waals surface area contributed by atoms with E-state index in [0.717, 1.165) is 34.5 Å². The van der Waals surface area contributed by atoms with Gasteiger partial charge in [-0.1, -0.05) is 17.7 Å². The Labute approximate surface area is 210 Å². The summed E-state index contributed by atoms with van der Waals surface area (Å²) >= 11 is 0. The van der Waals surface area contributed by atoms with Gasteiger partial charge in [-0.25, -0.2) is 13.6 Å². The summed E-state index contributed by atoms with van der Waals surface area (Å²) in [5, 5.41) is 0. The summed E-state index contributed by atoms with van der Waals surface area (Å²) in [6.07, 6.45) is 5.81. The average Bonchev–Trinajstić information content (AvgIpc) is 2.90. The normalized spacial score (nSPS) is 28.3. The molecule has 7 heteroatoms. The van der Waals surface area contributed by atoms with Crippen LogP contribution < -0.4 is 0 Å². The molecule has 1 unspecified atom stereocenters. The Bertz CT molecular complexity index is 927. The number of allylic oxidation sites excluding steroid dienone is 6. The molecule has 0 aromatic carbocycles. The molecule has 196 valence electrons. The van der Waals surface area contributed by atoms with Gasteiger partial charge < -0.3 is 14.5 Å².